The van der Waals surface area contributed by atoms with Crippen LogP contribution in [0.2, 0.25) is 0 Å². The van der Waals surface area contributed by atoms with E-state index >= 15 is 0 Å². The van der Waals surface area contributed by atoms with E-state index in [-0.39, 0.29) is 32.7 Å². The van der Waals surface area contributed by atoms with Gasteiger partial charge in [-0.1, -0.05) is 18.2 Å². The minimum atomic E-state index is 0. The molecule has 0 amide bonds. The zero-order valence-corrected chi connectivity index (χ0v) is 11.2. The Morgan fingerprint density at radius 3 is 2.54 bits per heavy atom. The SMILES string of the molecule is CCN=C([S-])Nc1ccccc1.[Y+3]. The molecule has 1 N–H and O–H groups in total. The number of amidine groups is 1. The van der Waals surface area contributed by atoms with Crippen LogP contribution in [0.1, 0.15) is 6.92 Å². The molecular weight excluding hydrogens is 257 g/mol. The summed E-state index contributed by atoms with van der Waals surface area (Å²) in [4.78, 5) is 4.04. The Morgan fingerprint density at radius 1 is 1.38 bits per heavy atom. The third-order valence-corrected chi connectivity index (χ3v) is 1.56. The van der Waals surface area contributed by atoms with Crippen molar-refractivity contribution in [2.45, 2.75) is 6.92 Å². The first-order chi connectivity index (χ1) is 5.83. The molecule has 0 radical (unpaired) electrons. The molecular formula is C9H11N2SY+2. The van der Waals surface area contributed by atoms with Crippen LogP contribution in [-0.4, -0.2) is 11.7 Å². The summed E-state index contributed by atoms with van der Waals surface area (Å²) in [6, 6.07) is 9.79. The van der Waals surface area contributed by atoms with Crippen molar-refractivity contribution in [1.82, 2.24) is 0 Å². The Hall–Kier alpha value is 0.0139. The van der Waals surface area contributed by atoms with E-state index in [4.69, 9.17) is 12.6 Å². The predicted molar refractivity (Wildman–Crippen MR) is 55.4 cm³/mol. The van der Waals surface area contributed by atoms with Gasteiger partial charge in [-0.05, 0) is 24.2 Å². The maximum Gasteiger partial charge on any atom is 3.00 e. The molecule has 1 aromatic rings. The second-order valence-electron chi connectivity index (χ2n) is 2.27. The van der Waals surface area contributed by atoms with Crippen molar-refractivity contribution in [2.24, 2.45) is 4.99 Å². The van der Waals surface area contributed by atoms with Gasteiger partial charge in [0.1, 0.15) is 0 Å². The van der Waals surface area contributed by atoms with E-state index in [1.807, 2.05) is 37.3 Å². The fraction of sp³-hybridized carbons (Fsp3) is 0.222. The number of hydrogen-bond acceptors (Lipinski definition) is 2. The van der Waals surface area contributed by atoms with Crippen molar-refractivity contribution in [3.63, 3.8) is 0 Å². The van der Waals surface area contributed by atoms with Crippen LogP contribution in [0.5, 0.6) is 0 Å². The first-order valence-electron chi connectivity index (χ1n) is 3.86. The number of nitrogens with zero attached hydrogens (tertiary/aromatic N) is 1. The van der Waals surface area contributed by atoms with Crippen LogP contribution in [0.4, 0.5) is 5.69 Å². The fourth-order valence-electron chi connectivity index (χ4n) is 0.828. The second-order valence-corrected chi connectivity index (χ2v) is 2.66. The summed E-state index contributed by atoms with van der Waals surface area (Å²) in [6.07, 6.45) is 0. The summed E-state index contributed by atoms with van der Waals surface area (Å²) in [6.45, 7) is 2.68. The van der Waals surface area contributed by atoms with Crippen LogP contribution in [0.15, 0.2) is 35.3 Å². The topological polar surface area (TPSA) is 24.4 Å². The molecule has 0 heterocycles. The molecule has 0 aliphatic carbocycles. The minimum absolute atomic E-state index is 0. The van der Waals surface area contributed by atoms with Gasteiger partial charge in [-0.2, -0.15) is 0 Å². The van der Waals surface area contributed by atoms with Crippen molar-refractivity contribution in [1.29, 1.82) is 0 Å². The molecule has 4 heteroatoms. The van der Waals surface area contributed by atoms with Crippen LogP contribution in [0.3, 0.4) is 0 Å². The minimum Gasteiger partial charge on any atom is -0.743 e. The summed E-state index contributed by atoms with van der Waals surface area (Å²) in [7, 11) is 0. The Bertz CT molecular complexity index is 262. The Balaban J connectivity index is 0.00000144. The molecule has 0 atom stereocenters. The molecule has 13 heavy (non-hydrogen) atoms. The van der Waals surface area contributed by atoms with Gasteiger partial charge < -0.3 is 17.9 Å². The van der Waals surface area contributed by atoms with Gasteiger partial charge in [0.25, 0.3) is 0 Å². The third-order valence-electron chi connectivity index (χ3n) is 1.33. The van der Waals surface area contributed by atoms with Gasteiger partial charge in [0.2, 0.25) is 0 Å². The molecule has 0 unspecified atom stereocenters. The normalized spacial score (nSPS) is 10.4. The molecule has 0 bridgehead atoms. The average Bonchev–Trinajstić information content (AvgIpc) is 2.06. The summed E-state index contributed by atoms with van der Waals surface area (Å²) >= 11 is 4.96. The van der Waals surface area contributed by atoms with Gasteiger partial charge >= 0.3 is 32.7 Å². The number of hydrogen-bond donors (Lipinski definition) is 1. The van der Waals surface area contributed by atoms with Gasteiger partial charge in [-0.3, -0.25) is 4.99 Å². The number of anilines is 1. The Kier molecular flexibility index (Phi) is 7.43. The van der Waals surface area contributed by atoms with E-state index < -0.39 is 0 Å². The number of benzene rings is 1. The monoisotopic (exact) mass is 268 g/mol. The van der Waals surface area contributed by atoms with Crippen LogP contribution in [-0.2, 0) is 45.3 Å². The maximum absolute atomic E-state index is 4.96. The number of rotatable bonds is 2. The molecule has 2 nitrogen and oxygen atoms in total. The first kappa shape index (κ1) is 13.0. The predicted octanol–water partition coefficient (Wildman–Crippen LogP) is 2.02. The van der Waals surface area contributed by atoms with Crippen LogP contribution in [0.25, 0.3) is 0 Å². The quantitative estimate of drug-likeness (QED) is 0.504. The maximum atomic E-state index is 4.96. The summed E-state index contributed by atoms with van der Waals surface area (Å²) < 4.78 is 0. The van der Waals surface area contributed by atoms with Crippen LogP contribution >= 0.6 is 0 Å². The van der Waals surface area contributed by atoms with Crippen molar-refractivity contribution in [3.05, 3.63) is 30.3 Å². The molecule has 1 rings (SSSR count). The van der Waals surface area contributed by atoms with E-state index in [1.54, 1.807) is 0 Å². The first-order valence-corrected chi connectivity index (χ1v) is 4.27. The fourth-order valence-corrected chi connectivity index (χ4v) is 1.08. The largest absolute Gasteiger partial charge is 3.00 e. The molecule has 0 fully saturated rings. The average molecular weight is 268 g/mol. The summed E-state index contributed by atoms with van der Waals surface area (Å²) in [5.41, 5.74) is 0.986. The second kappa shape index (κ2) is 7.42. The molecule has 1 aromatic carbocycles. The molecule has 0 aliphatic rings. The van der Waals surface area contributed by atoms with Gasteiger partial charge in [0.15, 0.2) is 0 Å². The van der Waals surface area contributed by atoms with Crippen molar-refractivity contribution < 1.29 is 32.7 Å². The zero-order valence-electron chi connectivity index (χ0n) is 7.53. The van der Waals surface area contributed by atoms with Crippen LogP contribution in [0, 0.1) is 0 Å². The summed E-state index contributed by atoms with van der Waals surface area (Å²) in [5.74, 6) is 0. The van der Waals surface area contributed by atoms with Gasteiger partial charge in [0, 0.05) is 12.2 Å². The molecule has 0 saturated carbocycles. The third kappa shape index (κ3) is 5.34. The smallest absolute Gasteiger partial charge is 0.743 e. The molecule has 64 valence electrons. The zero-order chi connectivity index (χ0) is 8.81. The molecule has 0 aromatic heterocycles. The van der Waals surface area contributed by atoms with Crippen LogP contribution < -0.4 is 5.32 Å². The Morgan fingerprint density at radius 2 is 2.00 bits per heavy atom. The van der Waals surface area contributed by atoms with E-state index in [0.29, 0.717) is 5.17 Å². The number of nitrogens with one attached hydrogen (secondary N) is 1. The van der Waals surface area contributed by atoms with Crippen molar-refractivity contribution >= 4 is 23.5 Å². The van der Waals surface area contributed by atoms with Gasteiger partial charge in [-0.15, -0.1) is 0 Å². The molecule has 0 aliphatic heterocycles. The Labute approximate surface area is 110 Å². The number of aliphatic imine (C=N–C) groups is 1. The van der Waals surface area contributed by atoms with E-state index in [0.717, 1.165) is 12.2 Å². The molecule has 0 saturated heterocycles. The summed E-state index contributed by atoms with van der Waals surface area (Å²) in [5, 5.41) is 3.55. The molecule has 0 spiro atoms. The number of para-hydroxylation sites is 1. The van der Waals surface area contributed by atoms with E-state index in [9.17, 15) is 0 Å². The van der Waals surface area contributed by atoms with Gasteiger partial charge in [0.05, 0.1) is 0 Å². The van der Waals surface area contributed by atoms with E-state index in [1.165, 1.54) is 0 Å². The standard InChI is InChI=1S/C9H12N2S.Y/c1-2-10-9(12)11-8-6-4-3-5-7-8;/h3-7H,2H2,1H3,(H2,10,11,12);/q;+3/p-1. The van der Waals surface area contributed by atoms with Crippen molar-refractivity contribution in [2.75, 3.05) is 11.9 Å². The van der Waals surface area contributed by atoms with Gasteiger partial charge in [-0.25, -0.2) is 0 Å². The van der Waals surface area contributed by atoms with Crippen molar-refractivity contribution in [3.8, 4) is 0 Å². The van der Waals surface area contributed by atoms with E-state index in [2.05, 4.69) is 10.3 Å².